The summed E-state index contributed by atoms with van der Waals surface area (Å²) in [6.07, 6.45) is 0.853. The first-order valence-corrected chi connectivity index (χ1v) is 5.50. The SMILES string of the molecule is CCOC(=O)c1cc(CCC(=O)OC)c(C)[nH]1. The number of aromatic amines is 1. The first-order chi connectivity index (χ1) is 8.08. The lowest BCUT2D eigenvalue weighted by atomic mass is 10.1. The maximum atomic E-state index is 11.5. The van der Waals surface area contributed by atoms with Crippen LogP contribution in [0.1, 0.15) is 35.1 Å². The lowest BCUT2D eigenvalue weighted by Gasteiger charge is -1.98. The van der Waals surface area contributed by atoms with Gasteiger partial charge in [0.15, 0.2) is 0 Å². The molecule has 0 unspecified atom stereocenters. The van der Waals surface area contributed by atoms with Crippen LogP contribution in [-0.2, 0) is 20.7 Å². The van der Waals surface area contributed by atoms with Crippen LogP contribution in [0.15, 0.2) is 6.07 Å². The Hall–Kier alpha value is -1.78. The predicted molar refractivity (Wildman–Crippen MR) is 61.8 cm³/mol. The van der Waals surface area contributed by atoms with Gasteiger partial charge < -0.3 is 14.5 Å². The van der Waals surface area contributed by atoms with Gasteiger partial charge in [0.2, 0.25) is 0 Å². The van der Waals surface area contributed by atoms with Gasteiger partial charge in [-0.05, 0) is 31.9 Å². The van der Waals surface area contributed by atoms with Gasteiger partial charge in [-0.2, -0.15) is 0 Å². The summed E-state index contributed by atoms with van der Waals surface area (Å²) in [6.45, 7) is 3.95. The van der Waals surface area contributed by atoms with Gasteiger partial charge in [0.05, 0.1) is 13.7 Å². The first-order valence-electron chi connectivity index (χ1n) is 5.50. The molecular formula is C12H17NO4. The van der Waals surface area contributed by atoms with Crippen molar-refractivity contribution in [3.63, 3.8) is 0 Å². The molecular weight excluding hydrogens is 222 g/mol. The molecule has 1 N–H and O–H groups in total. The minimum absolute atomic E-state index is 0.261. The molecule has 0 spiro atoms. The third-order valence-corrected chi connectivity index (χ3v) is 2.44. The molecule has 1 rings (SSSR count). The Morgan fingerprint density at radius 1 is 1.41 bits per heavy atom. The fourth-order valence-electron chi connectivity index (χ4n) is 1.52. The van der Waals surface area contributed by atoms with E-state index in [2.05, 4.69) is 9.72 Å². The van der Waals surface area contributed by atoms with E-state index < -0.39 is 0 Å². The minimum Gasteiger partial charge on any atom is -0.469 e. The van der Waals surface area contributed by atoms with Gasteiger partial charge in [-0.3, -0.25) is 4.79 Å². The van der Waals surface area contributed by atoms with Crippen molar-refractivity contribution >= 4 is 11.9 Å². The van der Waals surface area contributed by atoms with Crippen molar-refractivity contribution in [2.75, 3.05) is 13.7 Å². The molecule has 0 fully saturated rings. The van der Waals surface area contributed by atoms with E-state index in [1.165, 1.54) is 7.11 Å². The summed E-state index contributed by atoms with van der Waals surface area (Å²) in [5.41, 5.74) is 2.22. The van der Waals surface area contributed by atoms with Crippen LogP contribution in [0.25, 0.3) is 0 Å². The van der Waals surface area contributed by atoms with Crippen molar-refractivity contribution in [1.82, 2.24) is 4.98 Å². The fourth-order valence-corrected chi connectivity index (χ4v) is 1.52. The van der Waals surface area contributed by atoms with Crippen molar-refractivity contribution in [2.45, 2.75) is 26.7 Å². The number of H-pyrrole nitrogens is 1. The molecule has 1 aromatic heterocycles. The molecule has 0 amide bonds. The summed E-state index contributed by atoms with van der Waals surface area (Å²) in [7, 11) is 1.36. The summed E-state index contributed by atoms with van der Waals surface area (Å²) >= 11 is 0. The number of ether oxygens (including phenoxy) is 2. The van der Waals surface area contributed by atoms with E-state index in [0.717, 1.165) is 11.3 Å². The molecule has 0 saturated heterocycles. The van der Waals surface area contributed by atoms with Gasteiger partial charge in [0, 0.05) is 12.1 Å². The van der Waals surface area contributed by atoms with Crippen LogP contribution in [0.5, 0.6) is 0 Å². The number of carbonyl (C=O) groups is 2. The lowest BCUT2D eigenvalue weighted by Crippen LogP contribution is -2.04. The smallest absolute Gasteiger partial charge is 0.354 e. The van der Waals surface area contributed by atoms with Gasteiger partial charge in [-0.25, -0.2) is 4.79 Å². The van der Waals surface area contributed by atoms with Crippen molar-refractivity contribution in [3.05, 3.63) is 23.0 Å². The molecule has 0 atom stereocenters. The fraction of sp³-hybridized carbons (Fsp3) is 0.500. The van der Waals surface area contributed by atoms with Gasteiger partial charge in [-0.15, -0.1) is 0 Å². The van der Waals surface area contributed by atoms with E-state index >= 15 is 0 Å². The van der Waals surface area contributed by atoms with Crippen molar-refractivity contribution < 1.29 is 19.1 Å². The van der Waals surface area contributed by atoms with E-state index in [9.17, 15) is 9.59 Å². The van der Waals surface area contributed by atoms with Crippen LogP contribution in [0.2, 0.25) is 0 Å². The number of rotatable bonds is 5. The second-order valence-corrected chi connectivity index (χ2v) is 3.63. The van der Waals surface area contributed by atoms with Crippen LogP contribution in [0.4, 0.5) is 0 Å². The third-order valence-electron chi connectivity index (χ3n) is 2.44. The monoisotopic (exact) mass is 239 g/mol. The topological polar surface area (TPSA) is 68.4 Å². The molecule has 0 saturated carbocycles. The highest BCUT2D eigenvalue weighted by Gasteiger charge is 2.13. The Morgan fingerprint density at radius 2 is 2.12 bits per heavy atom. The van der Waals surface area contributed by atoms with Crippen molar-refractivity contribution in [3.8, 4) is 0 Å². The van der Waals surface area contributed by atoms with Crippen LogP contribution in [-0.4, -0.2) is 30.6 Å². The third kappa shape index (κ3) is 3.62. The second-order valence-electron chi connectivity index (χ2n) is 3.63. The predicted octanol–water partition coefficient (Wildman–Crippen LogP) is 1.61. The average molecular weight is 239 g/mol. The minimum atomic E-state index is -0.375. The summed E-state index contributed by atoms with van der Waals surface area (Å²) < 4.78 is 9.45. The molecule has 0 bridgehead atoms. The number of nitrogens with one attached hydrogen (secondary N) is 1. The maximum absolute atomic E-state index is 11.5. The van der Waals surface area contributed by atoms with Crippen LogP contribution in [0, 0.1) is 6.92 Å². The molecule has 1 heterocycles. The van der Waals surface area contributed by atoms with Crippen LogP contribution < -0.4 is 0 Å². The standard InChI is InChI=1S/C12H17NO4/c1-4-17-12(15)10-7-9(8(2)13-10)5-6-11(14)16-3/h7,13H,4-6H2,1-3H3. The van der Waals surface area contributed by atoms with Gasteiger partial charge in [-0.1, -0.05) is 0 Å². The zero-order chi connectivity index (χ0) is 12.8. The number of aromatic nitrogens is 1. The molecule has 94 valence electrons. The highest BCUT2D eigenvalue weighted by Crippen LogP contribution is 2.13. The molecule has 0 aliphatic rings. The van der Waals surface area contributed by atoms with Crippen LogP contribution >= 0.6 is 0 Å². The lowest BCUT2D eigenvalue weighted by molar-refractivity contribution is -0.140. The normalized spacial score (nSPS) is 10.1. The summed E-state index contributed by atoms with van der Waals surface area (Å²) in [5, 5.41) is 0. The number of carbonyl (C=O) groups excluding carboxylic acids is 2. The largest absolute Gasteiger partial charge is 0.469 e. The summed E-state index contributed by atoms with van der Waals surface area (Å²) in [6, 6.07) is 1.72. The van der Waals surface area contributed by atoms with E-state index in [-0.39, 0.29) is 11.9 Å². The molecule has 5 heteroatoms. The highest BCUT2D eigenvalue weighted by atomic mass is 16.5. The molecule has 0 radical (unpaired) electrons. The first kappa shape index (κ1) is 13.3. The number of hydrogen-bond acceptors (Lipinski definition) is 4. The molecule has 0 aliphatic heterocycles. The molecule has 0 aliphatic carbocycles. The van der Waals surface area contributed by atoms with E-state index in [1.807, 2.05) is 6.92 Å². The number of methoxy groups -OCH3 is 1. The second kappa shape index (κ2) is 6.08. The Morgan fingerprint density at radius 3 is 2.71 bits per heavy atom. The number of aryl methyl sites for hydroxylation is 2. The zero-order valence-electron chi connectivity index (χ0n) is 10.3. The average Bonchev–Trinajstić information content (AvgIpc) is 2.68. The van der Waals surface area contributed by atoms with Crippen molar-refractivity contribution in [1.29, 1.82) is 0 Å². The van der Waals surface area contributed by atoms with Gasteiger partial charge in [0.25, 0.3) is 0 Å². The van der Waals surface area contributed by atoms with E-state index in [0.29, 0.717) is 25.1 Å². The van der Waals surface area contributed by atoms with E-state index in [4.69, 9.17) is 4.74 Å². The van der Waals surface area contributed by atoms with Gasteiger partial charge in [0.1, 0.15) is 5.69 Å². The van der Waals surface area contributed by atoms with Gasteiger partial charge >= 0.3 is 11.9 Å². The number of hydrogen-bond donors (Lipinski definition) is 1. The Labute approximate surface area is 100 Å². The molecule has 5 nitrogen and oxygen atoms in total. The quantitative estimate of drug-likeness (QED) is 0.792. The molecule has 17 heavy (non-hydrogen) atoms. The summed E-state index contributed by atoms with van der Waals surface area (Å²) in [4.78, 5) is 25.4. The molecule has 1 aromatic rings. The van der Waals surface area contributed by atoms with Crippen LogP contribution in [0.3, 0.4) is 0 Å². The van der Waals surface area contributed by atoms with E-state index in [1.54, 1.807) is 13.0 Å². The Kier molecular flexibility index (Phi) is 4.75. The number of esters is 2. The Balaban J connectivity index is 2.68. The summed E-state index contributed by atoms with van der Waals surface area (Å²) in [5.74, 6) is -0.636. The highest BCUT2D eigenvalue weighted by molar-refractivity contribution is 5.87. The Bertz CT molecular complexity index is 409. The molecule has 0 aromatic carbocycles. The zero-order valence-corrected chi connectivity index (χ0v) is 10.3. The van der Waals surface area contributed by atoms with Crippen molar-refractivity contribution in [2.24, 2.45) is 0 Å². The maximum Gasteiger partial charge on any atom is 0.354 e.